The highest BCUT2D eigenvalue weighted by Crippen LogP contribution is 2.39. The molecule has 1 unspecified atom stereocenters. The van der Waals surface area contributed by atoms with E-state index in [-0.39, 0.29) is 11.8 Å². The van der Waals surface area contributed by atoms with Gasteiger partial charge in [0.25, 0.3) is 0 Å². The van der Waals surface area contributed by atoms with Crippen LogP contribution in [0.2, 0.25) is 0 Å². The van der Waals surface area contributed by atoms with E-state index in [2.05, 4.69) is 10.4 Å². The molecule has 1 N–H and O–H groups in total. The minimum Gasteiger partial charge on any atom is -0.372 e. The number of alkyl halides is 3. The van der Waals surface area contributed by atoms with Crippen molar-refractivity contribution in [3.63, 3.8) is 0 Å². The minimum absolute atomic E-state index is 0.0601. The SMILES string of the molecule is FC(F)(F)c1ccccc1-n1nc(C2CCCO2)c2c1NCCCC2. The third kappa shape index (κ3) is 3.01. The predicted molar refractivity (Wildman–Crippen MR) is 87.9 cm³/mol. The number of anilines is 1. The van der Waals surface area contributed by atoms with E-state index >= 15 is 0 Å². The zero-order valence-electron chi connectivity index (χ0n) is 13.8. The first-order chi connectivity index (χ1) is 12.1. The fraction of sp³-hybridized carbons (Fsp3) is 0.500. The molecule has 0 radical (unpaired) electrons. The fourth-order valence-electron chi connectivity index (χ4n) is 3.65. The number of para-hydroxylation sites is 1. The summed E-state index contributed by atoms with van der Waals surface area (Å²) in [6, 6.07) is 5.60. The molecule has 7 heteroatoms. The van der Waals surface area contributed by atoms with Crippen molar-refractivity contribution < 1.29 is 17.9 Å². The lowest BCUT2D eigenvalue weighted by atomic mass is 10.0. The molecule has 0 saturated carbocycles. The van der Waals surface area contributed by atoms with E-state index in [9.17, 15) is 13.2 Å². The molecule has 3 heterocycles. The first-order valence-electron chi connectivity index (χ1n) is 8.69. The van der Waals surface area contributed by atoms with Crippen LogP contribution in [0.1, 0.15) is 48.6 Å². The average Bonchev–Trinajstić information content (AvgIpc) is 3.16. The highest BCUT2D eigenvalue weighted by molar-refractivity contribution is 5.57. The van der Waals surface area contributed by atoms with Crippen molar-refractivity contribution >= 4 is 5.82 Å². The van der Waals surface area contributed by atoms with E-state index in [0.717, 1.165) is 56.0 Å². The van der Waals surface area contributed by atoms with Gasteiger partial charge in [-0.2, -0.15) is 18.3 Å². The molecular weight excluding hydrogens is 331 g/mol. The smallest absolute Gasteiger partial charge is 0.372 e. The van der Waals surface area contributed by atoms with E-state index in [4.69, 9.17) is 4.74 Å². The topological polar surface area (TPSA) is 39.1 Å². The van der Waals surface area contributed by atoms with Crippen molar-refractivity contribution in [1.82, 2.24) is 9.78 Å². The van der Waals surface area contributed by atoms with Gasteiger partial charge in [0.1, 0.15) is 11.9 Å². The second-order valence-electron chi connectivity index (χ2n) is 6.52. The molecule has 1 aromatic carbocycles. The lowest BCUT2D eigenvalue weighted by Crippen LogP contribution is -2.14. The molecule has 134 valence electrons. The Morgan fingerprint density at radius 1 is 1.16 bits per heavy atom. The summed E-state index contributed by atoms with van der Waals surface area (Å²) < 4.78 is 47.6. The van der Waals surface area contributed by atoms with Gasteiger partial charge in [-0.05, 0) is 44.2 Å². The van der Waals surface area contributed by atoms with E-state index < -0.39 is 11.7 Å². The maximum atomic E-state index is 13.5. The molecule has 1 atom stereocenters. The molecule has 0 spiro atoms. The Labute approximate surface area is 144 Å². The van der Waals surface area contributed by atoms with Gasteiger partial charge in [-0.15, -0.1) is 0 Å². The summed E-state index contributed by atoms with van der Waals surface area (Å²) in [5.74, 6) is 0.680. The summed E-state index contributed by atoms with van der Waals surface area (Å²) in [7, 11) is 0. The number of ether oxygens (including phenoxy) is 1. The molecule has 2 aromatic rings. The van der Waals surface area contributed by atoms with Gasteiger partial charge >= 0.3 is 6.18 Å². The molecule has 4 rings (SSSR count). The summed E-state index contributed by atoms with van der Waals surface area (Å²) in [6.45, 7) is 1.41. The van der Waals surface area contributed by atoms with Crippen LogP contribution >= 0.6 is 0 Å². The van der Waals surface area contributed by atoms with Crippen LogP contribution in [0, 0.1) is 0 Å². The lowest BCUT2D eigenvalue weighted by Gasteiger charge is -2.15. The molecule has 25 heavy (non-hydrogen) atoms. The molecular formula is C18H20F3N3O. The highest BCUT2D eigenvalue weighted by atomic mass is 19.4. The van der Waals surface area contributed by atoms with Gasteiger partial charge in [0.05, 0.1) is 16.9 Å². The summed E-state index contributed by atoms with van der Waals surface area (Å²) in [5.41, 5.74) is 1.18. The first-order valence-corrected chi connectivity index (χ1v) is 8.69. The number of rotatable bonds is 2. The molecule has 2 aliphatic rings. The molecule has 0 amide bonds. The van der Waals surface area contributed by atoms with Gasteiger partial charge in [0, 0.05) is 18.7 Å². The van der Waals surface area contributed by atoms with Gasteiger partial charge < -0.3 is 10.1 Å². The predicted octanol–water partition coefficient (Wildman–Crippen LogP) is 4.49. The zero-order valence-corrected chi connectivity index (χ0v) is 13.8. The normalized spacial score (nSPS) is 20.8. The van der Waals surface area contributed by atoms with Gasteiger partial charge in [-0.25, -0.2) is 4.68 Å². The number of hydrogen-bond donors (Lipinski definition) is 1. The van der Waals surface area contributed by atoms with Crippen LogP contribution in [0.5, 0.6) is 0 Å². The second-order valence-corrected chi connectivity index (χ2v) is 6.52. The number of aromatic nitrogens is 2. The summed E-state index contributed by atoms with van der Waals surface area (Å²) in [5, 5.41) is 7.88. The standard InChI is InChI=1S/C18H20F3N3O/c19-18(20,21)13-7-1-2-8-14(13)24-17-12(6-3-4-10-22-17)16(23-24)15-9-5-11-25-15/h1-2,7-8,15,22H,3-6,9-11H2. The van der Waals surface area contributed by atoms with Crippen molar-refractivity contribution in [2.75, 3.05) is 18.5 Å². The van der Waals surface area contributed by atoms with Gasteiger partial charge in [0.15, 0.2) is 0 Å². The number of nitrogens with zero attached hydrogens (tertiary/aromatic N) is 2. The molecule has 1 saturated heterocycles. The Balaban J connectivity index is 1.88. The summed E-state index contributed by atoms with van der Waals surface area (Å²) in [4.78, 5) is 0. The van der Waals surface area contributed by atoms with Gasteiger partial charge in [0.2, 0.25) is 0 Å². The molecule has 4 nitrogen and oxygen atoms in total. The van der Waals surface area contributed by atoms with Gasteiger partial charge in [-0.3, -0.25) is 0 Å². The van der Waals surface area contributed by atoms with Crippen LogP contribution < -0.4 is 5.32 Å². The maximum Gasteiger partial charge on any atom is 0.418 e. The van der Waals surface area contributed by atoms with Crippen LogP contribution in [0.4, 0.5) is 19.0 Å². The van der Waals surface area contributed by atoms with Crippen molar-refractivity contribution in [1.29, 1.82) is 0 Å². The highest BCUT2D eigenvalue weighted by Gasteiger charge is 2.36. The maximum absolute atomic E-state index is 13.5. The summed E-state index contributed by atoms with van der Waals surface area (Å²) >= 11 is 0. The second kappa shape index (κ2) is 6.37. The van der Waals surface area contributed by atoms with Crippen molar-refractivity contribution in [3.8, 4) is 5.69 Å². The largest absolute Gasteiger partial charge is 0.418 e. The number of nitrogens with one attached hydrogen (secondary N) is 1. The zero-order chi connectivity index (χ0) is 17.4. The molecule has 1 aromatic heterocycles. The monoisotopic (exact) mass is 351 g/mol. The van der Waals surface area contributed by atoms with Crippen LogP contribution in [0.15, 0.2) is 24.3 Å². The van der Waals surface area contributed by atoms with Crippen LogP contribution in [-0.4, -0.2) is 22.9 Å². The van der Waals surface area contributed by atoms with E-state index in [0.29, 0.717) is 12.4 Å². The molecule has 2 aliphatic heterocycles. The number of benzene rings is 1. The van der Waals surface area contributed by atoms with Crippen LogP contribution in [-0.2, 0) is 17.3 Å². The van der Waals surface area contributed by atoms with Crippen molar-refractivity contribution in [2.24, 2.45) is 0 Å². The minimum atomic E-state index is -4.43. The quantitative estimate of drug-likeness (QED) is 0.866. The molecule has 0 bridgehead atoms. The Kier molecular flexibility index (Phi) is 4.19. The average molecular weight is 351 g/mol. The number of fused-ring (bicyclic) bond motifs is 1. The third-order valence-electron chi connectivity index (χ3n) is 4.83. The van der Waals surface area contributed by atoms with Crippen LogP contribution in [0.25, 0.3) is 5.69 Å². The van der Waals surface area contributed by atoms with E-state index in [1.165, 1.54) is 16.8 Å². The Hall–Kier alpha value is -2.02. The third-order valence-corrected chi connectivity index (χ3v) is 4.83. The van der Waals surface area contributed by atoms with Crippen molar-refractivity contribution in [3.05, 3.63) is 41.1 Å². The van der Waals surface area contributed by atoms with Crippen molar-refractivity contribution in [2.45, 2.75) is 44.4 Å². The fourth-order valence-corrected chi connectivity index (χ4v) is 3.65. The molecule has 1 fully saturated rings. The molecule has 0 aliphatic carbocycles. The number of hydrogen-bond acceptors (Lipinski definition) is 3. The Bertz CT molecular complexity index is 763. The van der Waals surface area contributed by atoms with Crippen LogP contribution in [0.3, 0.4) is 0 Å². The lowest BCUT2D eigenvalue weighted by molar-refractivity contribution is -0.137. The number of halogens is 3. The Morgan fingerprint density at radius 3 is 2.76 bits per heavy atom. The summed E-state index contributed by atoms with van der Waals surface area (Å²) in [6.07, 6.45) is 0.0689. The first kappa shape index (κ1) is 16.4. The Morgan fingerprint density at radius 2 is 2.00 bits per heavy atom. The van der Waals surface area contributed by atoms with E-state index in [1.54, 1.807) is 6.07 Å². The van der Waals surface area contributed by atoms with E-state index in [1.807, 2.05) is 0 Å². The van der Waals surface area contributed by atoms with Gasteiger partial charge in [-0.1, -0.05) is 12.1 Å².